The van der Waals surface area contributed by atoms with E-state index >= 15 is 0 Å². The van der Waals surface area contributed by atoms with E-state index in [0.29, 0.717) is 26.2 Å². The Hall–Kier alpha value is -2.36. The number of fused-ring (bicyclic) bond motifs is 1. The number of hydrogen-bond acceptors (Lipinski definition) is 7. The van der Waals surface area contributed by atoms with Crippen LogP contribution in [0.2, 0.25) is 4.34 Å². The molecule has 7 nitrogen and oxygen atoms in total. The molecule has 3 rings (SSSR count). The molecule has 0 aliphatic carbocycles. The first kappa shape index (κ1) is 20.4. The topological polar surface area (TPSA) is 79.1 Å². The van der Waals surface area contributed by atoms with Crippen LogP contribution in [0.15, 0.2) is 29.3 Å². The molecular formula is C18H17ClN2O5S2. The summed E-state index contributed by atoms with van der Waals surface area (Å²) >= 11 is 8.49. The number of ether oxygens (including phenoxy) is 3. The second kappa shape index (κ2) is 8.76. The van der Waals surface area contributed by atoms with Crippen molar-refractivity contribution in [2.45, 2.75) is 13.0 Å². The molecule has 0 atom stereocenters. The van der Waals surface area contributed by atoms with Crippen molar-refractivity contribution in [3.63, 3.8) is 0 Å². The minimum absolute atomic E-state index is 0.114. The molecule has 3 aromatic rings. The van der Waals surface area contributed by atoms with Crippen molar-refractivity contribution < 1.29 is 23.8 Å². The van der Waals surface area contributed by atoms with E-state index in [1.54, 1.807) is 35.9 Å². The van der Waals surface area contributed by atoms with Crippen LogP contribution in [0.3, 0.4) is 0 Å². The zero-order chi connectivity index (χ0) is 20.3. The summed E-state index contributed by atoms with van der Waals surface area (Å²) in [4.78, 5) is 29.9. The summed E-state index contributed by atoms with van der Waals surface area (Å²) in [5.74, 6) is 0.318. The van der Waals surface area contributed by atoms with E-state index in [2.05, 4.69) is 4.99 Å². The summed E-state index contributed by atoms with van der Waals surface area (Å²) in [6.07, 6.45) is 0.123. The number of halogens is 1. The molecule has 0 N–H and O–H groups in total. The Balaban J connectivity index is 2.15. The zero-order valence-corrected chi connectivity index (χ0v) is 17.7. The molecule has 1 amide bonds. The number of nitrogens with zero attached hydrogens (tertiary/aromatic N) is 2. The van der Waals surface area contributed by atoms with Gasteiger partial charge in [-0.1, -0.05) is 22.9 Å². The highest BCUT2D eigenvalue weighted by Gasteiger charge is 2.18. The molecule has 148 valence electrons. The maximum Gasteiger partial charge on any atom is 0.325 e. The fourth-order valence-corrected chi connectivity index (χ4v) is 4.86. The summed E-state index contributed by atoms with van der Waals surface area (Å²) in [5.41, 5.74) is 0.614. The number of hydrogen-bond donors (Lipinski definition) is 0. The molecule has 2 aromatic heterocycles. The van der Waals surface area contributed by atoms with Crippen molar-refractivity contribution in [2.24, 2.45) is 4.99 Å². The number of benzene rings is 1. The minimum atomic E-state index is -0.469. The van der Waals surface area contributed by atoms with Crippen LogP contribution in [-0.2, 0) is 27.3 Å². The SMILES string of the molecule is COC(=O)Cn1c(=NC(=O)Cc2ccc(Cl)s2)sc2c(OC)ccc(OC)c21. The molecule has 0 aliphatic rings. The molecule has 2 heterocycles. The Bertz CT molecular complexity index is 1100. The Morgan fingerprint density at radius 2 is 1.79 bits per heavy atom. The minimum Gasteiger partial charge on any atom is -0.495 e. The number of carbonyl (C=O) groups is 2. The van der Waals surface area contributed by atoms with Crippen LogP contribution in [0.1, 0.15) is 4.88 Å². The molecule has 0 saturated carbocycles. The Labute approximate surface area is 173 Å². The van der Waals surface area contributed by atoms with Gasteiger partial charge in [0.2, 0.25) is 0 Å². The van der Waals surface area contributed by atoms with Gasteiger partial charge in [-0.25, -0.2) is 0 Å². The van der Waals surface area contributed by atoms with Gasteiger partial charge in [0.1, 0.15) is 28.3 Å². The van der Waals surface area contributed by atoms with E-state index in [0.717, 1.165) is 9.58 Å². The van der Waals surface area contributed by atoms with E-state index in [-0.39, 0.29) is 18.9 Å². The number of carbonyl (C=O) groups excluding carboxylic acids is 2. The summed E-state index contributed by atoms with van der Waals surface area (Å²) in [5, 5.41) is 0. The number of thiophene rings is 1. The number of aromatic nitrogens is 1. The first-order valence-corrected chi connectivity index (χ1v) is 10.1. The highest BCUT2D eigenvalue weighted by Crippen LogP contribution is 2.35. The largest absolute Gasteiger partial charge is 0.495 e. The quantitative estimate of drug-likeness (QED) is 0.549. The highest BCUT2D eigenvalue weighted by atomic mass is 35.5. The van der Waals surface area contributed by atoms with E-state index in [1.165, 1.54) is 36.9 Å². The first-order valence-electron chi connectivity index (χ1n) is 8.09. The lowest BCUT2D eigenvalue weighted by Crippen LogP contribution is -2.22. The number of thiazole rings is 1. The maximum atomic E-state index is 12.5. The lowest BCUT2D eigenvalue weighted by Gasteiger charge is -2.09. The fourth-order valence-electron chi connectivity index (χ4n) is 2.62. The third-order valence-corrected chi connectivity index (χ3v) is 6.21. The Kier molecular flexibility index (Phi) is 6.38. The molecule has 0 radical (unpaired) electrons. The van der Waals surface area contributed by atoms with Crippen molar-refractivity contribution in [3.8, 4) is 11.5 Å². The lowest BCUT2D eigenvalue weighted by molar-refractivity contribution is -0.141. The van der Waals surface area contributed by atoms with Gasteiger partial charge in [0.25, 0.3) is 5.91 Å². The monoisotopic (exact) mass is 440 g/mol. The summed E-state index contributed by atoms with van der Waals surface area (Å²) in [6, 6.07) is 7.03. The average molecular weight is 441 g/mol. The van der Waals surface area contributed by atoms with E-state index < -0.39 is 5.97 Å². The van der Waals surface area contributed by atoms with Crippen molar-refractivity contribution >= 4 is 56.4 Å². The molecule has 28 heavy (non-hydrogen) atoms. The predicted octanol–water partition coefficient (Wildman–Crippen LogP) is 3.28. The highest BCUT2D eigenvalue weighted by molar-refractivity contribution is 7.17. The van der Waals surface area contributed by atoms with Gasteiger partial charge in [-0.05, 0) is 24.3 Å². The molecule has 0 fully saturated rings. The van der Waals surface area contributed by atoms with Gasteiger partial charge < -0.3 is 18.8 Å². The van der Waals surface area contributed by atoms with Gasteiger partial charge in [0.05, 0.1) is 32.1 Å². The molecule has 0 bridgehead atoms. The molecule has 0 saturated heterocycles. The lowest BCUT2D eigenvalue weighted by atomic mass is 10.3. The van der Waals surface area contributed by atoms with Crippen molar-refractivity contribution in [2.75, 3.05) is 21.3 Å². The van der Waals surface area contributed by atoms with Gasteiger partial charge in [0, 0.05) is 4.88 Å². The summed E-state index contributed by atoms with van der Waals surface area (Å²) in [6.45, 7) is -0.114. The van der Waals surface area contributed by atoms with Crippen LogP contribution in [0.4, 0.5) is 0 Å². The normalized spacial score (nSPS) is 11.6. The zero-order valence-electron chi connectivity index (χ0n) is 15.4. The third-order valence-electron chi connectivity index (χ3n) is 3.88. The number of amides is 1. The second-order valence-electron chi connectivity index (χ2n) is 5.58. The summed E-state index contributed by atoms with van der Waals surface area (Å²) in [7, 11) is 4.38. The van der Waals surface area contributed by atoms with Crippen LogP contribution in [0.25, 0.3) is 10.2 Å². The van der Waals surface area contributed by atoms with Crippen molar-refractivity contribution in [1.29, 1.82) is 0 Å². The molecular weight excluding hydrogens is 424 g/mol. The van der Waals surface area contributed by atoms with Crippen LogP contribution in [0, 0.1) is 0 Å². The second-order valence-corrected chi connectivity index (χ2v) is 8.36. The molecule has 10 heteroatoms. The van der Waals surface area contributed by atoms with Gasteiger partial charge >= 0.3 is 5.97 Å². The first-order chi connectivity index (χ1) is 13.5. The Morgan fingerprint density at radius 1 is 1.07 bits per heavy atom. The van der Waals surface area contributed by atoms with Gasteiger partial charge in [-0.3, -0.25) is 9.59 Å². The smallest absolute Gasteiger partial charge is 0.325 e. The average Bonchev–Trinajstić information content (AvgIpc) is 3.24. The van der Waals surface area contributed by atoms with Crippen LogP contribution in [-0.4, -0.2) is 37.8 Å². The summed E-state index contributed by atoms with van der Waals surface area (Å²) < 4.78 is 18.6. The Morgan fingerprint density at radius 3 is 2.39 bits per heavy atom. The third kappa shape index (κ3) is 4.21. The van der Waals surface area contributed by atoms with E-state index in [9.17, 15) is 9.59 Å². The predicted molar refractivity (Wildman–Crippen MR) is 109 cm³/mol. The standard InChI is InChI=1S/C18H17ClN2O5S2/c1-24-11-5-6-12(25-2)17-16(11)21(9-15(23)26-3)18(28-17)20-14(22)8-10-4-7-13(19)27-10/h4-7H,8-9H2,1-3H3. The van der Waals surface area contributed by atoms with E-state index in [1.807, 2.05) is 0 Å². The molecule has 0 aliphatic heterocycles. The molecule has 1 aromatic carbocycles. The maximum absolute atomic E-state index is 12.5. The molecule has 0 spiro atoms. The van der Waals surface area contributed by atoms with Crippen LogP contribution >= 0.6 is 34.3 Å². The van der Waals surface area contributed by atoms with Crippen molar-refractivity contribution in [1.82, 2.24) is 4.57 Å². The number of methoxy groups -OCH3 is 3. The number of esters is 1. The molecule has 0 unspecified atom stereocenters. The van der Waals surface area contributed by atoms with Gasteiger partial charge in [-0.15, -0.1) is 11.3 Å². The van der Waals surface area contributed by atoms with Gasteiger partial charge in [0.15, 0.2) is 4.80 Å². The van der Waals surface area contributed by atoms with Crippen LogP contribution < -0.4 is 14.3 Å². The van der Waals surface area contributed by atoms with E-state index in [4.69, 9.17) is 25.8 Å². The van der Waals surface area contributed by atoms with Crippen molar-refractivity contribution in [3.05, 3.63) is 38.3 Å². The van der Waals surface area contributed by atoms with Gasteiger partial charge in [-0.2, -0.15) is 4.99 Å². The van der Waals surface area contributed by atoms with Crippen LogP contribution in [0.5, 0.6) is 11.5 Å². The fraction of sp³-hybridized carbons (Fsp3) is 0.278. The number of rotatable bonds is 6.